The van der Waals surface area contributed by atoms with E-state index >= 15 is 0 Å². The molecule has 0 aliphatic rings. The smallest absolute Gasteiger partial charge is 0.393 e. The molecule has 5 heteroatoms. The lowest BCUT2D eigenvalue weighted by molar-refractivity contribution is -0.249. The zero-order valence-electron chi connectivity index (χ0n) is 8.01. The highest BCUT2D eigenvalue weighted by atomic mass is 19.4. The van der Waals surface area contributed by atoms with Crippen molar-refractivity contribution in [2.24, 2.45) is 0 Å². The van der Waals surface area contributed by atoms with E-state index < -0.39 is 18.4 Å². The van der Waals surface area contributed by atoms with Crippen LogP contribution >= 0.6 is 0 Å². The highest BCUT2D eigenvalue weighted by Gasteiger charge is 2.51. The van der Waals surface area contributed by atoms with Gasteiger partial charge in [-0.15, -0.1) is 0 Å². The number of hydrogen-bond donors (Lipinski definition) is 2. The summed E-state index contributed by atoms with van der Waals surface area (Å²) >= 11 is 0. The summed E-state index contributed by atoms with van der Waals surface area (Å²) in [5, 5.41) is 17.5. The van der Waals surface area contributed by atoms with Gasteiger partial charge >= 0.3 is 6.18 Å². The Labute approximate surface area is 81.1 Å². The first-order chi connectivity index (χ1) is 6.37. The van der Waals surface area contributed by atoms with Crippen molar-refractivity contribution < 1.29 is 23.4 Å². The summed E-state index contributed by atoms with van der Waals surface area (Å²) < 4.78 is 36.5. The number of allylic oxidation sites excluding steroid dienone is 1. The number of aliphatic hydroxyl groups is 2. The first kappa shape index (κ1) is 13.4. The molecule has 2 nitrogen and oxygen atoms in total. The highest BCUT2D eigenvalue weighted by molar-refractivity contribution is 5.05. The Kier molecular flexibility index (Phi) is 5.15. The van der Waals surface area contributed by atoms with Gasteiger partial charge in [-0.2, -0.15) is 13.2 Å². The minimum Gasteiger partial charge on any atom is -0.393 e. The molecule has 0 aromatic rings. The lowest BCUT2D eigenvalue weighted by Crippen LogP contribution is -2.46. The minimum absolute atomic E-state index is 0.467. The molecule has 0 unspecified atom stereocenters. The van der Waals surface area contributed by atoms with Crippen LogP contribution in [0.5, 0.6) is 0 Å². The van der Waals surface area contributed by atoms with Crippen LogP contribution in [0.4, 0.5) is 13.2 Å². The Morgan fingerprint density at radius 1 is 1.29 bits per heavy atom. The number of hydrogen-bond acceptors (Lipinski definition) is 2. The van der Waals surface area contributed by atoms with E-state index in [0.717, 1.165) is 12.8 Å². The second-order valence-electron chi connectivity index (χ2n) is 3.12. The molecule has 0 aliphatic carbocycles. The monoisotopic (exact) mass is 212 g/mol. The Balaban J connectivity index is 4.33. The van der Waals surface area contributed by atoms with Crippen LogP contribution in [-0.2, 0) is 0 Å². The molecule has 0 saturated heterocycles. The zero-order chi connectivity index (χ0) is 11.2. The molecule has 0 radical (unpaired) electrons. The van der Waals surface area contributed by atoms with Crippen LogP contribution in [0.3, 0.4) is 0 Å². The molecule has 0 bridgehead atoms. The maximum Gasteiger partial charge on any atom is 0.423 e. The molecule has 0 heterocycles. The van der Waals surface area contributed by atoms with Gasteiger partial charge in [0.2, 0.25) is 5.60 Å². The molecular weight excluding hydrogens is 197 g/mol. The molecule has 2 N–H and O–H groups in total. The third-order valence-corrected chi connectivity index (χ3v) is 1.85. The molecule has 0 rings (SSSR count). The summed E-state index contributed by atoms with van der Waals surface area (Å²) in [5.74, 6) is 0. The van der Waals surface area contributed by atoms with Crippen LogP contribution in [0.15, 0.2) is 12.2 Å². The predicted molar refractivity (Wildman–Crippen MR) is 46.8 cm³/mol. The molecule has 84 valence electrons. The largest absolute Gasteiger partial charge is 0.423 e. The molecule has 0 aliphatic heterocycles. The van der Waals surface area contributed by atoms with E-state index in [0.29, 0.717) is 12.5 Å². The molecule has 0 aromatic carbocycles. The minimum atomic E-state index is -4.83. The maximum atomic E-state index is 12.2. The van der Waals surface area contributed by atoms with Crippen molar-refractivity contribution in [2.75, 3.05) is 6.61 Å². The van der Waals surface area contributed by atoms with E-state index in [9.17, 15) is 13.2 Å². The van der Waals surface area contributed by atoms with Crippen LogP contribution in [0.25, 0.3) is 0 Å². The van der Waals surface area contributed by atoms with E-state index in [1.165, 1.54) is 6.08 Å². The van der Waals surface area contributed by atoms with Crippen LogP contribution < -0.4 is 0 Å². The van der Waals surface area contributed by atoms with Gasteiger partial charge in [-0.25, -0.2) is 0 Å². The summed E-state index contributed by atoms with van der Waals surface area (Å²) in [7, 11) is 0. The highest BCUT2D eigenvalue weighted by Crippen LogP contribution is 2.31. The number of alkyl halides is 3. The standard InChI is InChI=1S/C9H15F3O2/c1-2-3-4-5-6-8(14,7-13)9(10,11)12/h5-6,13-14H,2-4,7H2,1H3/b6-5+/t8-/m1/s1. The Hall–Kier alpha value is -0.550. The number of rotatable bonds is 5. The van der Waals surface area contributed by atoms with Crippen molar-refractivity contribution >= 4 is 0 Å². The number of unbranched alkanes of at least 4 members (excludes halogenated alkanes) is 2. The summed E-state index contributed by atoms with van der Waals surface area (Å²) in [5.41, 5.74) is -3.10. The van der Waals surface area contributed by atoms with Crippen LogP contribution in [0, 0.1) is 0 Å². The number of aliphatic hydroxyl groups excluding tert-OH is 1. The molecule has 0 saturated carbocycles. The fourth-order valence-corrected chi connectivity index (χ4v) is 0.837. The Morgan fingerprint density at radius 2 is 1.86 bits per heavy atom. The SMILES string of the molecule is CCCC/C=C/[C@@](O)(CO)C(F)(F)F. The molecule has 0 fully saturated rings. The van der Waals surface area contributed by atoms with E-state index in [-0.39, 0.29) is 0 Å². The quantitative estimate of drug-likeness (QED) is 0.540. The van der Waals surface area contributed by atoms with Gasteiger partial charge in [0.05, 0.1) is 6.61 Å². The van der Waals surface area contributed by atoms with E-state index in [2.05, 4.69) is 0 Å². The number of halogens is 3. The summed E-state index contributed by atoms with van der Waals surface area (Å²) in [6.07, 6.45) is -0.876. The van der Waals surface area contributed by atoms with Crippen molar-refractivity contribution in [3.05, 3.63) is 12.2 Å². The second kappa shape index (κ2) is 5.36. The topological polar surface area (TPSA) is 40.5 Å². The molecular formula is C9H15F3O2. The first-order valence-electron chi connectivity index (χ1n) is 4.45. The molecule has 14 heavy (non-hydrogen) atoms. The van der Waals surface area contributed by atoms with Gasteiger partial charge in [0, 0.05) is 0 Å². The third-order valence-electron chi connectivity index (χ3n) is 1.85. The second-order valence-corrected chi connectivity index (χ2v) is 3.12. The fourth-order valence-electron chi connectivity index (χ4n) is 0.837. The van der Waals surface area contributed by atoms with Gasteiger partial charge in [-0.3, -0.25) is 0 Å². The van der Waals surface area contributed by atoms with Gasteiger partial charge in [-0.1, -0.05) is 25.8 Å². The van der Waals surface area contributed by atoms with Crippen LogP contribution in [0.1, 0.15) is 26.2 Å². The van der Waals surface area contributed by atoms with Gasteiger partial charge in [0.15, 0.2) is 0 Å². The fraction of sp³-hybridized carbons (Fsp3) is 0.778. The molecule has 0 amide bonds. The van der Waals surface area contributed by atoms with Gasteiger partial charge in [0.25, 0.3) is 0 Å². The summed E-state index contributed by atoms with van der Waals surface area (Å²) in [4.78, 5) is 0. The molecule has 0 aromatic heterocycles. The molecule has 0 spiro atoms. The first-order valence-corrected chi connectivity index (χ1v) is 4.45. The van der Waals surface area contributed by atoms with Gasteiger partial charge < -0.3 is 10.2 Å². The Bertz CT molecular complexity index is 189. The van der Waals surface area contributed by atoms with Gasteiger partial charge in [0.1, 0.15) is 0 Å². The van der Waals surface area contributed by atoms with Gasteiger partial charge in [-0.05, 0) is 12.5 Å². The maximum absolute atomic E-state index is 12.2. The normalized spacial score (nSPS) is 17.3. The van der Waals surface area contributed by atoms with Crippen molar-refractivity contribution in [1.82, 2.24) is 0 Å². The van der Waals surface area contributed by atoms with Crippen molar-refractivity contribution in [3.8, 4) is 0 Å². The molecule has 1 atom stereocenters. The lowest BCUT2D eigenvalue weighted by atomic mass is 10.0. The average Bonchev–Trinajstić information content (AvgIpc) is 2.10. The lowest BCUT2D eigenvalue weighted by Gasteiger charge is -2.24. The average molecular weight is 212 g/mol. The van der Waals surface area contributed by atoms with Crippen molar-refractivity contribution in [3.63, 3.8) is 0 Å². The predicted octanol–water partition coefficient (Wildman–Crippen LogP) is 2.02. The van der Waals surface area contributed by atoms with E-state index in [1.807, 2.05) is 6.92 Å². The van der Waals surface area contributed by atoms with Crippen LogP contribution in [0.2, 0.25) is 0 Å². The van der Waals surface area contributed by atoms with Crippen molar-refractivity contribution in [2.45, 2.75) is 38.0 Å². The van der Waals surface area contributed by atoms with Crippen LogP contribution in [-0.4, -0.2) is 28.6 Å². The third kappa shape index (κ3) is 3.67. The van der Waals surface area contributed by atoms with Crippen molar-refractivity contribution in [1.29, 1.82) is 0 Å². The zero-order valence-corrected chi connectivity index (χ0v) is 8.01. The summed E-state index contributed by atoms with van der Waals surface area (Å²) in [6, 6.07) is 0. The van der Waals surface area contributed by atoms with E-state index in [1.54, 1.807) is 0 Å². The van der Waals surface area contributed by atoms with E-state index in [4.69, 9.17) is 10.2 Å². The Morgan fingerprint density at radius 3 is 2.21 bits per heavy atom. The summed E-state index contributed by atoms with van der Waals surface area (Å²) in [6.45, 7) is 0.564.